The fourth-order valence-electron chi connectivity index (χ4n) is 0.972. The number of benzene rings is 1. The van der Waals surface area contributed by atoms with Gasteiger partial charge in [0.1, 0.15) is 12.4 Å². The van der Waals surface area contributed by atoms with E-state index >= 15 is 0 Å². The number of nitriles is 1. The van der Waals surface area contributed by atoms with Gasteiger partial charge in [0.25, 0.3) is 0 Å². The van der Waals surface area contributed by atoms with Crippen molar-refractivity contribution in [3.8, 4) is 6.07 Å². The first-order valence-corrected chi connectivity index (χ1v) is 3.92. The lowest BCUT2D eigenvalue weighted by Gasteiger charge is -2.09. The summed E-state index contributed by atoms with van der Waals surface area (Å²) in [6.45, 7) is -0.252. The molecular formula is C9H6F4N2. The highest BCUT2D eigenvalue weighted by Gasteiger charge is 2.31. The Balaban J connectivity index is 3.01. The molecule has 0 spiro atoms. The Hall–Kier alpha value is -1.77. The van der Waals surface area contributed by atoms with Gasteiger partial charge in [-0.1, -0.05) is 0 Å². The molecule has 0 fully saturated rings. The topological polar surface area (TPSA) is 35.8 Å². The number of alkyl halides is 3. The van der Waals surface area contributed by atoms with E-state index in [1.807, 2.05) is 0 Å². The van der Waals surface area contributed by atoms with Gasteiger partial charge < -0.3 is 5.32 Å². The molecule has 0 heterocycles. The second-order valence-corrected chi connectivity index (χ2v) is 2.70. The van der Waals surface area contributed by atoms with Crippen molar-refractivity contribution in [3.63, 3.8) is 0 Å². The normalized spacial score (nSPS) is 10.9. The number of hydrogen-bond donors (Lipinski definition) is 1. The molecule has 0 aromatic heterocycles. The first-order valence-electron chi connectivity index (χ1n) is 3.92. The van der Waals surface area contributed by atoms with Crippen molar-refractivity contribution in [2.75, 3.05) is 11.9 Å². The summed E-state index contributed by atoms with van der Waals surface area (Å²) in [5.41, 5.74) is -1.28. The van der Waals surface area contributed by atoms with Crippen molar-refractivity contribution in [2.45, 2.75) is 6.18 Å². The summed E-state index contributed by atoms with van der Waals surface area (Å²) in [7, 11) is 0. The standard InChI is InChI=1S/C9H6F4N2/c10-7-2-1-6(9(11,12)13)5-8(7)15-4-3-14/h1-2,5,15H,4H2. The van der Waals surface area contributed by atoms with Crippen LogP contribution >= 0.6 is 0 Å². The Morgan fingerprint density at radius 2 is 2.00 bits per heavy atom. The van der Waals surface area contributed by atoms with Crippen molar-refractivity contribution in [2.24, 2.45) is 0 Å². The average molecular weight is 218 g/mol. The third-order valence-electron chi connectivity index (χ3n) is 1.65. The van der Waals surface area contributed by atoms with E-state index in [9.17, 15) is 17.6 Å². The lowest BCUT2D eigenvalue weighted by atomic mass is 10.2. The number of anilines is 1. The smallest absolute Gasteiger partial charge is 0.370 e. The molecular weight excluding hydrogens is 212 g/mol. The van der Waals surface area contributed by atoms with Crippen LogP contribution in [0.1, 0.15) is 5.56 Å². The molecule has 0 saturated carbocycles. The fraction of sp³-hybridized carbons (Fsp3) is 0.222. The quantitative estimate of drug-likeness (QED) is 0.612. The number of nitrogens with one attached hydrogen (secondary N) is 1. The Labute approximate surface area is 83.1 Å². The molecule has 0 aliphatic heterocycles. The van der Waals surface area contributed by atoms with Crippen LogP contribution < -0.4 is 5.32 Å². The third kappa shape index (κ3) is 2.84. The maximum Gasteiger partial charge on any atom is 0.416 e. The predicted octanol–water partition coefficient (Wildman–Crippen LogP) is 2.78. The lowest BCUT2D eigenvalue weighted by molar-refractivity contribution is -0.137. The lowest BCUT2D eigenvalue weighted by Crippen LogP contribution is -2.08. The molecule has 1 rings (SSSR count). The molecule has 80 valence electrons. The first-order chi connectivity index (χ1) is 6.95. The summed E-state index contributed by atoms with van der Waals surface area (Å²) >= 11 is 0. The van der Waals surface area contributed by atoms with Crippen molar-refractivity contribution in [1.29, 1.82) is 5.26 Å². The maximum atomic E-state index is 12.9. The maximum absolute atomic E-state index is 12.9. The number of halogens is 4. The van der Waals surface area contributed by atoms with Crippen LogP contribution in [0.4, 0.5) is 23.2 Å². The molecule has 1 aromatic rings. The van der Waals surface area contributed by atoms with Crippen LogP contribution in [-0.4, -0.2) is 6.54 Å². The van der Waals surface area contributed by atoms with Crippen molar-refractivity contribution >= 4 is 5.69 Å². The van der Waals surface area contributed by atoms with Crippen LogP contribution in [0.5, 0.6) is 0 Å². The largest absolute Gasteiger partial charge is 0.416 e. The molecule has 0 aliphatic rings. The monoisotopic (exact) mass is 218 g/mol. The second-order valence-electron chi connectivity index (χ2n) is 2.70. The molecule has 0 atom stereocenters. The van der Waals surface area contributed by atoms with Crippen molar-refractivity contribution < 1.29 is 17.6 Å². The van der Waals surface area contributed by atoms with Crippen LogP contribution in [-0.2, 0) is 6.18 Å². The van der Waals surface area contributed by atoms with Gasteiger partial charge in [0.15, 0.2) is 0 Å². The fourth-order valence-corrected chi connectivity index (χ4v) is 0.972. The third-order valence-corrected chi connectivity index (χ3v) is 1.65. The minimum absolute atomic E-state index is 0.252. The van der Waals surface area contributed by atoms with Gasteiger partial charge in [0, 0.05) is 0 Å². The second kappa shape index (κ2) is 4.17. The average Bonchev–Trinajstić information content (AvgIpc) is 2.15. The predicted molar refractivity (Wildman–Crippen MR) is 45.5 cm³/mol. The highest BCUT2D eigenvalue weighted by atomic mass is 19.4. The zero-order chi connectivity index (χ0) is 11.5. The molecule has 0 saturated heterocycles. The van der Waals surface area contributed by atoms with E-state index in [4.69, 9.17) is 5.26 Å². The Morgan fingerprint density at radius 1 is 1.33 bits per heavy atom. The van der Waals surface area contributed by atoms with Crippen LogP contribution in [0.25, 0.3) is 0 Å². The number of nitrogens with zero attached hydrogens (tertiary/aromatic N) is 1. The van der Waals surface area contributed by atoms with E-state index in [2.05, 4.69) is 5.32 Å². The summed E-state index contributed by atoms with van der Waals surface area (Å²) in [5.74, 6) is -0.821. The Morgan fingerprint density at radius 3 is 2.53 bits per heavy atom. The van der Waals surface area contributed by atoms with Crippen molar-refractivity contribution in [3.05, 3.63) is 29.6 Å². The number of rotatable bonds is 2. The van der Waals surface area contributed by atoms with Gasteiger partial charge in [-0.05, 0) is 18.2 Å². The summed E-state index contributed by atoms with van der Waals surface area (Å²) in [4.78, 5) is 0. The molecule has 6 heteroatoms. The summed E-state index contributed by atoms with van der Waals surface area (Å²) in [6, 6.07) is 3.63. The molecule has 0 bridgehead atoms. The van der Waals surface area contributed by atoms with Crippen LogP contribution in [0.2, 0.25) is 0 Å². The molecule has 0 aliphatic carbocycles. The minimum atomic E-state index is -4.52. The molecule has 1 N–H and O–H groups in total. The minimum Gasteiger partial charge on any atom is -0.370 e. The van der Waals surface area contributed by atoms with E-state index in [-0.39, 0.29) is 12.2 Å². The van der Waals surface area contributed by atoms with E-state index < -0.39 is 17.6 Å². The van der Waals surface area contributed by atoms with Crippen LogP contribution in [0, 0.1) is 17.1 Å². The van der Waals surface area contributed by atoms with Gasteiger partial charge in [-0.25, -0.2) is 4.39 Å². The van der Waals surface area contributed by atoms with Gasteiger partial charge in [-0.2, -0.15) is 18.4 Å². The zero-order valence-electron chi connectivity index (χ0n) is 7.40. The molecule has 0 unspecified atom stereocenters. The van der Waals surface area contributed by atoms with E-state index in [0.29, 0.717) is 18.2 Å². The molecule has 2 nitrogen and oxygen atoms in total. The Bertz CT molecular complexity index is 392. The summed E-state index contributed by atoms with van der Waals surface area (Å²) < 4.78 is 49.6. The van der Waals surface area contributed by atoms with Crippen molar-refractivity contribution in [1.82, 2.24) is 0 Å². The van der Waals surface area contributed by atoms with Gasteiger partial charge in [0.05, 0.1) is 17.3 Å². The first kappa shape index (κ1) is 11.3. The summed E-state index contributed by atoms with van der Waals surface area (Å²) in [5, 5.41) is 10.4. The van der Waals surface area contributed by atoms with Crippen LogP contribution in [0.3, 0.4) is 0 Å². The molecule has 15 heavy (non-hydrogen) atoms. The van der Waals surface area contributed by atoms with Gasteiger partial charge in [-0.15, -0.1) is 0 Å². The molecule has 0 amide bonds. The zero-order valence-corrected chi connectivity index (χ0v) is 7.40. The summed E-state index contributed by atoms with van der Waals surface area (Å²) in [6.07, 6.45) is -4.52. The van der Waals surface area contributed by atoms with E-state index in [1.54, 1.807) is 6.07 Å². The van der Waals surface area contributed by atoms with Gasteiger partial charge in [-0.3, -0.25) is 0 Å². The Kier molecular flexibility index (Phi) is 3.14. The van der Waals surface area contributed by atoms with Crippen LogP contribution in [0.15, 0.2) is 18.2 Å². The highest BCUT2D eigenvalue weighted by molar-refractivity contribution is 5.48. The SMILES string of the molecule is N#CCNc1cc(C(F)(F)F)ccc1F. The highest BCUT2D eigenvalue weighted by Crippen LogP contribution is 2.31. The van der Waals surface area contributed by atoms with Gasteiger partial charge in [0.2, 0.25) is 0 Å². The van der Waals surface area contributed by atoms with E-state index in [0.717, 1.165) is 0 Å². The van der Waals surface area contributed by atoms with Gasteiger partial charge >= 0.3 is 6.18 Å². The van der Waals surface area contributed by atoms with E-state index in [1.165, 1.54) is 0 Å². The molecule has 0 radical (unpaired) electrons. The molecule has 1 aromatic carbocycles. The number of hydrogen-bond acceptors (Lipinski definition) is 2.